The van der Waals surface area contributed by atoms with Crippen LogP contribution in [0.1, 0.15) is 44.1 Å². The Hall–Kier alpha value is -1.38. The lowest BCUT2D eigenvalue weighted by Gasteiger charge is -2.47. The molecule has 4 rings (SSSR count). The summed E-state index contributed by atoms with van der Waals surface area (Å²) in [6.07, 6.45) is 7.17. The quantitative estimate of drug-likeness (QED) is 0.919. The summed E-state index contributed by atoms with van der Waals surface area (Å²) in [7, 11) is 0. The molecule has 2 heteroatoms. The van der Waals surface area contributed by atoms with Crippen molar-refractivity contribution >= 4 is 10.8 Å². The van der Waals surface area contributed by atoms with E-state index in [0.717, 1.165) is 32.5 Å². The van der Waals surface area contributed by atoms with Crippen LogP contribution in [0.5, 0.6) is 0 Å². The first-order valence-electron chi connectivity index (χ1n) is 9.18. The van der Waals surface area contributed by atoms with Crippen LogP contribution >= 0.6 is 0 Å². The highest BCUT2D eigenvalue weighted by molar-refractivity contribution is 5.83. The number of hydrogen-bond acceptors (Lipinski definition) is 2. The first kappa shape index (κ1) is 15.2. The predicted molar refractivity (Wildman–Crippen MR) is 95.8 cm³/mol. The number of piperidine rings is 1. The number of nitrogens with zero attached hydrogens (tertiary/aromatic N) is 1. The topological polar surface area (TPSA) is 23.5 Å². The molecule has 2 aromatic rings. The van der Waals surface area contributed by atoms with Crippen molar-refractivity contribution in [1.29, 1.82) is 0 Å². The van der Waals surface area contributed by atoms with Crippen LogP contribution in [-0.4, -0.2) is 35.7 Å². The normalized spacial score (nSPS) is 22.7. The molecular formula is C21H27NO. The highest BCUT2D eigenvalue weighted by Gasteiger charge is 2.45. The number of fused-ring (bicyclic) bond motifs is 1. The van der Waals surface area contributed by atoms with Crippen molar-refractivity contribution in [2.24, 2.45) is 0 Å². The van der Waals surface area contributed by atoms with Crippen molar-refractivity contribution in [2.45, 2.75) is 50.0 Å². The van der Waals surface area contributed by atoms with E-state index in [4.69, 9.17) is 0 Å². The van der Waals surface area contributed by atoms with E-state index in [1.54, 1.807) is 0 Å². The summed E-state index contributed by atoms with van der Waals surface area (Å²) >= 11 is 0. The van der Waals surface area contributed by atoms with Crippen LogP contribution < -0.4 is 0 Å². The lowest BCUT2D eigenvalue weighted by atomic mass is 9.60. The molecule has 2 nitrogen and oxygen atoms in total. The zero-order chi connectivity index (χ0) is 15.7. The highest BCUT2D eigenvalue weighted by Crippen LogP contribution is 2.47. The van der Waals surface area contributed by atoms with E-state index >= 15 is 0 Å². The Bertz CT molecular complexity index is 670. The van der Waals surface area contributed by atoms with Gasteiger partial charge in [-0.15, -0.1) is 0 Å². The smallest absolute Gasteiger partial charge is 0.0763 e. The second-order valence-corrected chi connectivity index (χ2v) is 7.45. The van der Waals surface area contributed by atoms with Gasteiger partial charge in [-0.2, -0.15) is 0 Å². The summed E-state index contributed by atoms with van der Waals surface area (Å²) in [5, 5.41) is 13.6. The molecule has 0 bridgehead atoms. The van der Waals surface area contributed by atoms with E-state index in [-0.39, 0.29) is 11.5 Å². The molecule has 2 aliphatic rings. The molecule has 23 heavy (non-hydrogen) atoms. The molecule has 1 unspecified atom stereocenters. The molecule has 1 aliphatic carbocycles. The van der Waals surface area contributed by atoms with Gasteiger partial charge in [-0.05, 0) is 55.1 Å². The van der Waals surface area contributed by atoms with Crippen LogP contribution in [-0.2, 0) is 5.41 Å². The Labute approximate surface area is 139 Å². The van der Waals surface area contributed by atoms with Crippen LogP contribution in [0.3, 0.4) is 0 Å². The Morgan fingerprint density at radius 2 is 1.65 bits per heavy atom. The van der Waals surface area contributed by atoms with Gasteiger partial charge in [-0.3, -0.25) is 0 Å². The Morgan fingerprint density at radius 1 is 0.913 bits per heavy atom. The summed E-state index contributed by atoms with van der Waals surface area (Å²) in [4.78, 5) is 2.47. The summed E-state index contributed by atoms with van der Waals surface area (Å²) < 4.78 is 0. The van der Waals surface area contributed by atoms with Crippen LogP contribution in [0.2, 0.25) is 0 Å². The van der Waals surface area contributed by atoms with E-state index < -0.39 is 0 Å². The molecule has 1 aliphatic heterocycles. The summed E-state index contributed by atoms with van der Waals surface area (Å²) in [5.74, 6) is 0. The summed E-state index contributed by atoms with van der Waals surface area (Å²) in [5.41, 5.74) is 1.33. The molecule has 122 valence electrons. The monoisotopic (exact) mass is 309 g/mol. The third-order valence-electron chi connectivity index (χ3n) is 6.09. The van der Waals surface area contributed by atoms with E-state index in [2.05, 4.69) is 47.4 Å². The van der Waals surface area contributed by atoms with Gasteiger partial charge in [-0.1, -0.05) is 55.3 Å². The van der Waals surface area contributed by atoms with E-state index in [1.165, 1.54) is 42.0 Å². The molecule has 1 atom stereocenters. The molecule has 2 aromatic carbocycles. The van der Waals surface area contributed by atoms with Gasteiger partial charge in [0.25, 0.3) is 0 Å². The summed E-state index contributed by atoms with van der Waals surface area (Å²) in [6, 6.07) is 15.3. The molecule has 0 radical (unpaired) electrons. The second-order valence-electron chi connectivity index (χ2n) is 7.45. The van der Waals surface area contributed by atoms with Crippen molar-refractivity contribution in [3.63, 3.8) is 0 Å². The van der Waals surface area contributed by atoms with Gasteiger partial charge < -0.3 is 10.0 Å². The number of aliphatic hydroxyl groups excluding tert-OH is 1. The van der Waals surface area contributed by atoms with E-state index in [0.29, 0.717) is 0 Å². The fraction of sp³-hybridized carbons (Fsp3) is 0.524. The molecule has 2 fully saturated rings. The van der Waals surface area contributed by atoms with Gasteiger partial charge >= 0.3 is 0 Å². The van der Waals surface area contributed by atoms with Crippen LogP contribution in [0.15, 0.2) is 42.5 Å². The number of likely N-dealkylation sites (tertiary alicyclic amines) is 1. The number of β-amino-alcohol motifs (C(OH)–C–C–N with tert-alkyl or cyclic N) is 1. The molecule has 1 saturated heterocycles. The maximum absolute atomic E-state index is 11.1. The highest BCUT2D eigenvalue weighted by atomic mass is 16.3. The van der Waals surface area contributed by atoms with Crippen molar-refractivity contribution in [2.75, 3.05) is 19.6 Å². The molecule has 0 amide bonds. The lowest BCUT2D eigenvalue weighted by molar-refractivity contribution is -0.00119. The minimum absolute atomic E-state index is 0.0124. The first-order chi connectivity index (χ1) is 11.3. The van der Waals surface area contributed by atoms with E-state index in [1.807, 2.05) is 0 Å². The number of aliphatic hydroxyl groups is 1. The van der Waals surface area contributed by atoms with Crippen molar-refractivity contribution in [3.05, 3.63) is 48.0 Å². The Kier molecular flexibility index (Phi) is 4.13. The minimum atomic E-state index is -0.240. The maximum Gasteiger partial charge on any atom is 0.0763 e. The standard InChI is InChI=1S/C21H27NO/c23-20(16-22-13-4-1-5-14-22)21(11-6-12-21)19-10-9-17-7-2-3-8-18(17)15-19/h2-3,7-10,15,20,23H,1,4-6,11-14,16H2. The fourth-order valence-electron chi connectivity index (χ4n) is 4.43. The molecule has 0 spiro atoms. The zero-order valence-electron chi connectivity index (χ0n) is 13.9. The van der Waals surface area contributed by atoms with Gasteiger partial charge in [0.15, 0.2) is 0 Å². The van der Waals surface area contributed by atoms with Gasteiger partial charge in [0.1, 0.15) is 0 Å². The lowest BCUT2D eigenvalue weighted by Crippen LogP contribution is -2.51. The second kappa shape index (κ2) is 6.26. The largest absolute Gasteiger partial charge is 0.391 e. The summed E-state index contributed by atoms with van der Waals surface area (Å²) in [6.45, 7) is 3.16. The average Bonchev–Trinajstić information content (AvgIpc) is 2.55. The maximum atomic E-state index is 11.1. The van der Waals surface area contributed by atoms with Crippen LogP contribution in [0, 0.1) is 0 Å². The molecule has 1 N–H and O–H groups in total. The van der Waals surface area contributed by atoms with Crippen LogP contribution in [0.4, 0.5) is 0 Å². The predicted octanol–water partition coefficient (Wildman–Crippen LogP) is 4.11. The molecule has 0 aromatic heterocycles. The zero-order valence-corrected chi connectivity index (χ0v) is 13.9. The number of hydrogen-bond donors (Lipinski definition) is 1. The fourth-order valence-corrected chi connectivity index (χ4v) is 4.43. The van der Waals surface area contributed by atoms with Crippen LogP contribution in [0.25, 0.3) is 10.8 Å². The third-order valence-corrected chi connectivity index (χ3v) is 6.09. The SMILES string of the molecule is OC(CN1CCCCC1)C1(c2ccc3ccccc3c2)CCC1. The molecule has 1 heterocycles. The Balaban J connectivity index is 1.59. The van der Waals surface area contributed by atoms with Crippen molar-refractivity contribution in [1.82, 2.24) is 4.90 Å². The van der Waals surface area contributed by atoms with Gasteiger partial charge in [0.2, 0.25) is 0 Å². The molecule has 1 saturated carbocycles. The van der Waals surface area contributed by atoms with Crippen molar-refractivity contribution < 1.29 is 5.11 Å². The minimum Gasteiger partial charge on any atom is -0.391 e. The van der Waals surface area contributed by atoms with Gasteiger partial charge in [-0.25, -0.2) is 0 Å². The van der Waals surface area contributed by atoms with Gasteiger partial charge in [0.05, 0.1) is 6.10 Å². The molecular weight excluding hydrogens is 282 g/mol. The van der Waals surface area contributed by atoms with Gasteiger partial charge in [0, 0.05) is 12.0 Å². The Morgan fingerprint density at radius 3 is 2.35 bits per heavy atom. The number of benzene rings is 2. The van der Waals surface area contributed by atoms with E-state index in [9.17, 15) is 5.11 Å². The van der Waals surface area contributed by atoms with Crippen molar-refractivity contribution in [3.8, 4) is 0 Å². The third kappa shape index (κ3) is 2.79. The number of rotatable bonds is 4. The first-order valence-corrected chi connectivity index (χ1v) is 9.18. The average molecular weight is 309 g/mol.